The minimum atomic E-state index is 0.754. The Bertz CT molecular complexity index is 467. The highest BCUT2D eigenvalue weighted by molar-refractivity contribution is 7.13. The number of rotatable bonds is 3. The van der Waals surface area contributed by atoms with Crippen LogP contribution < -0.4 is 0 Å². The fourth-order valence-corrected chi connectivity index (χ4v) is 2.78. The molecule has 1 rings (SSSR count). The summed E-state index contributed by atoms with van der Waals surface area (Å²) in [5.74, 6) is 0. The van der Waals surface area contributed by atoms with Crippen LogP contribution in [-0.4, -0.2) is 4.98 Å². The van der Waals surface area contributed by atoms with E-state index in [1.807, 2.05) is 47.6 Å². The van der Waals surface area contributed by atoms with Crippen LogP contribution in [0.3, 0.4) is 0 Å². The number of nitrogens with zero attached hydrogens (tertiary/aromatic N) is 1. The predicted octanol–water partition coefficient (Wildman–Crippen LogP) is 5.89. The summed E-state index contributed by atoms with van der Waals surface area (Å²) in [5, 5.41) is 1.82. The van der Waals surface area contributed by atoms with Crippen LogP contribution in [0.1, 0.15) is 43.3 Å². The van der Waals surface area contributed by atoms with Gasteiger partial charge < -0.3 is 0 Å². The number of aromatic nitrogens is 1. The summed E-state index contributed by atoms with van der Waals surface area (Å²) < 4.78 is 0. The van der Waals surface area contributed by atoms with E-state index in [-0.39, 0.29) is 0 Å². The van der Waals surface area contributed by atoms with Gasteiger partial charge in [0.15, 0.2) is 0 Å². The Morgan fingerprint density at radius 1 is 1.33 bits per heavy atom. The molecule has 0 saturated carbocycles. The van der Waals surface area contributed by atoms with E-state index >= 15 is 0 Å². The molecule has 1 heterocycles. The van der Waals surface area contributed by atoms with Gasteiger partial charge in [-0.25, -0.2) is 4.98 Å². The molecule has 0 atom stereocenters. The lowest BCUT2D eigenvalue weighted by Crippen LogP contribution is -1.87. The zero-order valence-corrected chi connectivity index (χ0v) is 13.7. The lowest BCUT2D eigenvalue weighted by atomic mass is 10.1. The number of halogens is 1. The van der Waals surface area contributed by atoms with Gasteiger partial charge in [0, 0.05) is 5.57 Å². The van der Waals surface area contributed by atoms with Gasteiger partial charge >= 0.3 is 0 Å². The summed E-state index contributed by atoms with van der Waals surface area (Å²) in [5.41, 5.74) is 3.06. The molecular formula is C15H22ClNS. The maximum atomic E-state index is 6.33. The van der Waals surface area contributed by atoms with E-state index in [1.165, 1.54) is 0 Å². The van der Waals surface area contributed by atoms with Crippen molar-refractivity contribution in [2.45, 2.75) is 41.5 Å². The fraction of sp³-hybridized carbons (Fsp3) is 0.400. The first-order valence-corrected chi connectivity index (χ1v) is 7.30. The Morgan fingerprint density at radius 2 is 1.89 bits per heavy atom. The summed E-state index contributed by atoms with van der Waals surface area (Å²) in [6.07, 6.45) is 3.80. The van der Waals surface area contributed by atoms with Gasteiger partial charge in [0.2, 0.25) is 0 Å². The van der Waals surface area contributed by atoms with Crippen molar-refractivity contribution in [3.05, 3.63) is 44.9 Å². The minimum Gasteiger partial charge on any atom is -0.246 e. The SMILES string of the molecule is C=C/C(C)=C(Cl)\C(=C/C)c1sc(C)nc1C.CC. The van der Waals surface area contributed by atoms with Gasteiger partial charge in [0.25, 0.3) is 0 Å². The van der Waals surface area contributed by atoms with Gasteiger partial charge in [-0.2, -0.15) is 0 Å². The Kier molecular flexibility index (Phi) is 7.88. The highest BCUT2D eigenvalue weighted by atomic mass is 35.5. The minimum absolute atomic E-state index is 0.754. The average molecular weight is 284 g/mol. The van der Waals surface area contributed by atoms with Gasteiger partial charge in [-0.15, -0.1) is 11.3 Å². The standard InChI is InChI=1S/C13H16ClNS.C2H6/c1-6-8(3)12(14)11(7-2)13-9(4)15-10(5)16-13;1-2/h6-7H,1H2,2-5H3;1-2H3/b11-7+,12-8+;. The van der Waals surface area contributed by atoms with E-state index in [2.05, 4.69) is 11.6 Å². The molecule has 0 aliphatic heterocycles. The molecule has 0 radical (unpaired) electrons. The summed E-state index contributed by atoms with van der Waals surface area (Å²) in [4.78, 5) is 5.56. The highest BCUT2D eigenvalue weighted by Crippen LogP contribution is 2.34. The molecule has 18 heavy (non-hydrogen) atoms. The summed E-state index contributed by atoms with van der Waals surface area (Å²) in [6, 6.07) is 0. The molecule has 100 valence electrons. The third-order valence-electron chi connectivity index (χ3n) is 2.33. The van der Waals surface area contributed by atoms with Crippen molar-refractivity contribution in [1.82, 2.24) is 4.98 Å². The first-order valence-electron chi connectivity index (χ1n) is 6.11. The number of thiazole rings is 1. The van der Waals surface area contributed by atoms with Gasteiger partial charge in [-0.05, 0) is 33.3 Å². The molecule has 0 aromatic carbocycles. The largest absolute Gasteiger partial charge is 0.246 e. The van der Waals surface area contributed by atoms with Gasteiger partial charge in [-0.3, -0.25) is 0 Å². The zero-order valence-electron chi connectivity index (χ0n) is 12.1. The second kappa shape index (κ2) is 8.28. The second-order valence-corrected chi connectivity index (χ2v) is 5.13. The van der Waals surface area contributed by atoms with Gasteiger partial charge in [0.05, 0.1) is 20.6 Å². The van der Waals surface area contributed by atoms with Crippen LogP contribution in [0.15, 0.2) is 29.3 Å². The molecule has 0 aliphatic carbocycles. The van der Waals surface area contributed by atoms with Crippen LogP contribution in [-0.2, 0) is 0 Å². The van der Waals surface area contributed by atoms with Gasteiger partial charge in [-0.1, -0.05) is 44.2 Å². The molecule has 0 N–H and O–H groups in total. The van der Waals surface area contributed by atoms with Crippen LogP contribution in [0, 0.1) is 13.8 Å². The lowest BCUT2D eigenvalue weighted by molar-refractivity contribution is 1.19. The van der Waals surface area contributed by atoms with Crippen molar-refractivity contribution in [2.75, 3.05) is 0 Å². The van der Waals surface area contributed by atoms with E-state index < -0.39 is 0 Å². The topological polar surface area (TPSA) is 12.9 Å². The number of hydrogen-bond donors (Lipinski definition) is 0. The molecule has 0 saturated heterocycles. The van der Waals surface area contributed by atoms with Crippen molar-refractivity contribution in [1.29, 1.82) is 0 Å². The van der Waals surface area contributed by atoms with Crippen molar-refractivity contribution < 1.29 is 0 Å². The molecular weight excluding hydrogens is 262 g/mol. The summed E-state index contributed by atoms with van der Waals surface area (Å²) in [6.45, 7) is 15.7. The highest BCUT2D eigenvalue weighted by Gasteiger charge is 2.13. The molecule has 0 amide bonds. The normalized spacial score (nSPS) is 12.5. The zero-order chi connectivity index (χ0) is 14.3. The molecule has 1 aromatic rings. The van der Waals surface area contributed by atoms with Crippen LogP contribution in [0.5, 0.6) is 0 Å². The number of aryl methyl sites for hydroxylation is 2. The predicted molar refractivity (Wildman–Crippen MR) is 85.3 cm³/mol. The summed E-state index contributed by atoms with van der Waals surface area (Å²) >= 11 is 8.00. The lowest BCUT2D eigenvalue weighted by Gasteiger charge is -2.06. The summed E-state index contributed by atoms with van der Waals surface area (Å²) in [7, 11) is 0. The van der Waals surface area contributed by atoms with E-state index in [0.29, 0.717) is 0 Å². The van der Waals surface area contributed by atoms with E-state index in [9.17, 15) is 0 Å². The maximum absolute atomic E-state index is 6.33. The second-order valence-electron chi connectivity index (χ2n) is 3.55. The van der Waals surface area contributed by atoms with E-state index in [1.54, 1.807) is 17.4 Å². The number of hydrogen-bond acceptors (Lipinski definition) is 2. The van der Waals surface area contributed by atoms with Crippen LogP contribution in [0.25, 0.3) is 5.57 Å². The third-order valence-corrected chi connectivity index (χ3v) is 3.93. The molecule has 0 spiro atoms. The van der Waals surface area contributed by atoms with Crippen molar-refractivity contribution in [2.24, 2.45) is 0 Å². The third kappa shape index (κ3) is 4.11. The maximum Gasteiger partial charge on any atom is 0.0903 e. The Morgan fingerprint density at radius 3 is 2.22 bits per heavy atom. The first kappa shape index (κ1) is 17.1. The molecule has 0 unspecified atom stereocenters. The Hall–Kier alpha value is -0.860. The first-order chi connectivity index (χ1) is 8.51. The molecule has 0 fully saturated rings. The molecule has 3 heteroatoms. The quantitative estimate of drug-likeness (QED) is 0.631. The molecule has 1 aromatic heterocycles. The van der Waals surface area contributed by atoms with Crippen molar-refractivity contribution >= 4 is 28.5 Å². The molecule has 0 bridgehead atoms. The van der Waals surface area contributed by atoms with Crippen LogP contribution >= 0.6 is 22.9 Å². The monoisotopic (exact) mass is 283 g/mol. The van der Waals surface area contributed by atoms with Gasteiger partial charge in [0.1, 0.15) is 0 Å². The fourth-order valence-electron chi connectivity index (χ4n) is 1.44. The van der Waals surface area contributed by atoms with Crippen LogP contribution in [0.4, 0.5) is 0 Å². The molecule has 0 aliphatic rings. The van der Waals surface area contributed by atoms with E-state index in [0.717, 1.165) is 31.8 Å². The Balaban J connectivity index is 0.00000137. The molecule has 1 nitrogen and oxygen atoms in total. The average Bonchev–Trinajstić information content (AvgIpc) is 2.71. The van der Waals surface area contributed by atoms with Crippen molar-refractivity contribution in [3.8, 4) is 0 Å². The smallest absolute Gasteiger partial charge is 0.0903 e. The van der Waals surface area contributed by atoms with Crippen LogP contribution in [0.2, 0.25) is 0 Å². The van der Waals surface area contributed by atoms with E-state index in [4.69, 9.17) is 11.6 Å². The Labute approximate surface area is 120 Å². The number of allylic oxidation sites excluding steroid dienone is 5. The van der Waals surface area contributed by atoms with Crippen molar-refractivity contribution in [3.63, 3.8) is 0 Å².